The summed E-state index contributed by atoms with van der Waals surface area (Å²) in [7, 11) is 0. The third kappa shape index (κ3) is 2.67. The molecule has 0 spiro atoms. The summed E-state index contributed by atoms with van der Waals surface area (Å²) in [5.74, 6) is 0.882. The number of fused-ring (bicyclic) bond motifs is 1. The van der Waals surface area contributed by atoms with Crippen molar-refractivity contribution in [2.75, 3.05) is 11.4 Å². The van der Waals surface area contributed by atoms with Gasteiger partial charge in [0, 0.05) is 30.0 Å². The SMILES string of the molecule is Cc1ccc(N2CC(c3noc(-c4n[nH]c5ccccc45)n3)CC2=O)cc1C. The topological polar surface area (TPSA) is 87.9 Å². The molecule has 0 saturated carbocycles. The first-order valence-corrected chi connectivity index (χ1v) is 9.25. The summed E-state index contributed by atoms with van der Waals surface area (Å²) in [4.78, 5) is 18.9. The Balaban J connectivity index is 1.42. The summed E-state index contributed by atoms with van der Waals surface area (Å²) < 4.78 is 5.47. The molecule has 1 amide bonds. The molecule has 0 aliphatic carbocycles. The van der Waals surface area contributed by atoms with Gasteiger partial charge in [-0.15, -0.1) is 0 Å². The van der Waals surface area contributed by atoms with Crippen molar-refractivity contribution in [3.63, 3.8) is 0 Å². The second-order valence-electron chi connectivity index (χ2n) is 7.25. The van der Waals surface area contributed by atoms with Crippen LogP contribution in [0.1, 0.15) is 29.3 Å². The molecule has 1 saturated heterocycles. The number of anilines is 1. The van der Waals surface area contributed by atoms with Crippen molar-refractivity contribution in [3.8, 4) is 11.6 Å². The lowest BCUT2D eigenvalue weighted by Crippen LogP contribution is -2.24. The van der Waals surface area contributed by atoms with Crippen LogP contribution < -0.4 is 4.90 Å². The van der Waals surface area contributed by atoms with E-state index >= 15 is 0 Å². The van der Waals surface area contributed by atoms with Gasteiger partial charge in [0.15, 0.2) is 11.5 Å². The first-order chi connectivity index (χ1) is 13.6. The number of amides is 1. The first kappa shape index (κ1) is 16.7. The lowest BCUT2D eigenvalue weighted by Gasteiger charge is -2.17. The average Bonchev–Trinajstić information content (AvgIpc) is 3.41. The van der Waals surface area contributed by atoms with Crippen LogP contribution in [0.25, 0.3) is 22.5 Å². The van der Waals surface area contributed by atoms with Gasteiger partial charge in [-0.1, -0.05) is 29.4 Å². The standard InChI is InChI=1S/C21H19N5O2/c1-12-7-8-15(9-13(12)2)26-11-14(10-18(26)27)20-22-21(28-25-20)19-16-5-3-4-6-17(16)23-24-19/h3-9,14H,10-11H2,1-2H3,(H,23,24). The Morgan fingerprint density at radius 2 is 2.00 bits per heavy atom. The number of aryl methyl sites for hydroxylation is 2. The molecule has 1 unspecified atom stereocenters. The molecule has 1 aliphatic heterocycles. The van der Waals surface area contributed by atoms with Crippen molar-refractivity contribution < 1.29 is 9.32 Å². The predicted molar refractivity (Wildman–Crippen MR) is 105 cm³/mol. The lowest BCUT2D eigenvalue weighted by molar-refractivity contribution is -0.117. The fourth-order valence-corrected chi connectivity index (χ4v) is 3.65. The van der Waals surface area contributed by atoms with Gasteiger partial charge in [0.1, 0.15) is 0 Å². The molecule has 7 nitrogen and oxygen atoms in total. The normalized spacial score (nSPS) is 17.0. The maximum Gasteiger partial charge on any atom is 0.279 e. The van der Waals surface area contributed by atoms with Crippen molar-refractivity contribution in [2.24, 2.45) is 0 Å². The monoisotopic (exact) mass is 373 g/mol. The van der Waals surface area contributed by atoms with Crippen LogP contribution >= 0.6 is 0 Å². The lowest BCUT2D eigenvalue weighted by atomic mass is 10.1. The van der Waals surface area contributed by atoms with Crippen LogP contribution in [0.2, 0.25) is 0 Å². The van der Waals surface area contributed by atoms with Crippen molar-refractivity contribution >= 4 is 22.5 Å². The van der Waals surface area contributed by atoms with Crippen molar-refractivity contribution in [1.29, 1.82) is 0 Å². The zero-order valence-corrected chi connectivity index (χ0v) is 15.6. The molecule has 7 heteroatoms. The van der Waals surface area contributed by atoms with E-state index in [4.69, 9.17) is 4.52 Å². The number of aromatic amines is 1. The molecule has 1 aliphatic rings. The largest absolute Gasteiger partial charge is 0.332 e. The Kier molecular flexibility index (Phi) is 3.75. The van der Waals surface area contributed by atoms with Crippen LogP contribution in [-0.4, -0.2) is 32.8 Å². The van der Waals surface area contributed by atoms with Gasteiger partial charge in [0.2, 0.25) is 5.91 Å². The maximum atomic E-state index is 12.6. The Morgan fingerprint density at radius 3 is 2.86 bits per heavy atom. The van der Waals surface area contributed by atoms with Crippen LogP contribution in [0.3, 0.4) is 0 Å². The zero-order valence-electron chi connectivity index (χ0n) is 15.6. The number of aromatic nitrogens is 4. The van der Waals surface area contributed by atoms with Crippen molar-refractivity contribution in [1.82, 2.24) is 20.3 Å². The second kappa shape index (κ2) is 6.30. The Hall–Kier alpha value is -3.48. The van der Waals surface area contributed by atoms with E-state index < -0.39 is 0 Å². The molecule has 140 valence electrons. The highest BCUT2D eigenvalue weighted by Crippen LogP contribution is 2.33. The van der Waals surface area contributed by atoms with E-state index in [0.717, 1.165) is 16.6 Å². The van der Waals surface area contributed by atoms with Gasteiger partial charge in [0.05, 0.1) is 5.52 Å². The molecule has 1 N–H and O–H groups in total. The summed E-state index contributed by atoms with van der Waals surface area (Å²) in [5.41, 5.74) is 4.83. The number of H-pyrrole nitrogens is 1. The zero-order chi connectivity index (χ0) is 19.3. The smallest absolute Gasteiger partial charge is 0.279 e. The van der Waals surface area contributed by atoms with Gasteiger partial charge in [-0.2, -0.15) is 10.1 Å². The van der Waals surface area contributed by atoms with Crippen LogP contribution in [-0.2, 0) is 4.79 Å². The minimum absolute atomic E-state index is 0.0739. The van der Waals surface area contributed by atoms with Gasteiger partial charge < -0.3 is 9.42 Å². The number of hydrogen-bond acceptors (Lipinski definition) is 5. The molecule has 1 fully saturated rings. The average molecular weight is 373 g/mol. The highest BCUT2D eigenvalue weighted by atomic mass is 16.5. The number of carbonyl (C=O) groups is 1. The summed E-state index contributed by atoms with van der Waals surface area (Å²) in [6.45, 7) is 4.66. The number of carbonyl (C=O) groups excluding carboxylic acids is 1. The van der Waals surface area contributed by atoms with Gasteiger partial charge in [-0.3, -0.25) is 9.89 Å². The van der Waals surface area contributed by atoms with Gasteiger partial charge >= 0.3 is 0 Å². The third-order valence-electron chi connectivity index (χ3n) is 5.41. The highest BCUT2D eigenvalue weighted by molar-refractivity contribution is 5.96. The first-order valence-electron chi connectivity index (χ1n) is 9.25. The molecular formula is C21H19N5O2. The number of nitrogens with one attached hydrogen (secondary N) is 1. The molecule has 28 heavy (non-hydrogen) atoms. The molecule has 0 bridgehead atoms. The van der Waals surface area contributed by atoms with E-state index in [1.807, 2.05) is 42.5 Å². The quantitative estimate of drug-likeness (QED) is 0.591. The van der Waals surface area contributed by atoms with E-state index in [-0.39, 0.29) is 11.8 Å². The summed E-state index contributed by atoms with van der Waals surface area (Å²) in [6, 6.07) is 13.9. The summed E-state index contributed by atoms with van der Waals surface area (Å²) >= 11 is 0. The number of hydrogen-bond donors (Lipinski definition) is 1. The molecule has 4 aromatic rings. The van der Waals surface area contributed by atoms with Gasteiger partial charge in [-0.05, 0) is 43.2 Å². The van der Waals surface area contributed by atoms with E-state index in [0.29, 0.717) is 30.4 Å². The van der Waals surface area contributed by atoms with Crippen LogP contribution in [0.4, 0.5) is 5.69 Å². The van der Waals surface area contributed by atoms with E-state index in [1.165, 1.54) is 11.1 Å². The van der Waals surface area contributed by atoms with Crippen molar-refractivity contribution in [2.45, 2.75) is 26.2 Å². The van der Waals surface area contributed by atoms with Crippen LogP contribution in [0.15, 0.2) is 47.0 Å². The Labute approximate surface area is 161 Å². The Morgan fingerprint density at radius 1 is 1.14 bits per heavy atom. The van der Waals surface area contributed by atoms with Gasteiger partial charge in [-0.25, -0.2) is 0 Å². The molecule has 0 radical (unpaired) electrons. The summed E-state index contributed by atoms with van der Waals surface area (Å²) in [6.07, 6.45) is 0.368. The maximum absolute atomic E-state index is 12.6. The van der Waals surface area contributed by atoms with Crippen LogP contribution in [0, 0.1) is 13.8 Å². The fourth-order valence-electron chi connectivity index (χ4n) is 3.65. The number of para-hydroxylation sites is 1. The van der Waals surface area contributed by atoms with E-state index in [1.54, 1.807) is 4.90 Å². The van der Waals surface area contributed by atoms with Crippen LogP contribution in [0.5, 0.6) is 0 Å². The molecule has 2 aromatic carbocycles. The minimum Gasteiger partial charge on any atom is -0.332 e. The van der Waals surface area contributed by atoms with E-state index in [2.05, 4.69) is 34.2 Å². The predicted octanol–water partition coefficient (Wildman–Crippen LogP) is 3.75. The van der Waals surface area contributed by atoms with Gasteiger partial charge in [0.25, 0.3) is 5.89 Å². The number of nitrogens with zero attached hydrogens (tertiary/aromatic N) is 4. The number of rotatable bonds is 3. The second-order valence-corrected chi connectivity index (χ2v) is 7.25. The molecular weight excluding hydrogens is 354 g/mol. The summed E-state index contributed by atoms with van der Waals surface area (Å²) in [5, 5.41) is 12.3. The molecule has 3 heterocycles. The fraction of sp³-hybridized carbons (Fsp3) is 0.238. The minimum atomic E-state index is -0.100. The van der Waals surface area contributed by atoms with Crippen molar-refractivity contribution in [3.05, 3.63) is 59.4 Å². The highest BCUT2D eigenvalue weighted by Gasteiger charge is 2.35. The Bertz CT molecular complexity index is 1190. The van der Waals surface area contributed by atoms with E-state index in [9.17, 15) is 4.79 Å². The molecule has 5 rings (SSSR count). The third-order valence-corrected chi connectivity index (χ3v) is 5.41. The molecule has 2 aromatic heterocycles. The number of benzene rings is 2. The molecule has 1 atom stereocenters.